The molecular weight excluding hydrogens is 643 g/mol. The van der Waals surface area contributed by atoms with Crippen molar-refractivity contribution >= 4 is 21.5 Å². The number of fused-ring (bicyclic) bond motifs is 6. The van der Waals surface area contributed by atoms with Crippen LogP contribution in [0.5, 0.6) is 0 Å². The van der Waals surface area contributed by atoms with Gasteiger partial charge in [-0.05, 0) is 78.2 Å². The predicted octanol–water partition coefficient (Wildman–Crippen LogP) is 12.8. The van der Waals surface area contributed by atoms with E-state index in [-0.39, 0.29) is 5.41 Å². The summed E-state index contributed by atoms with van der Waals surface area (Å²) >= 11 is 0. The molecule has 0 atom stereocenters. The van der Waals surface area contributed by atoms with Crippen LogP contribution >= 0.6 is 0 Å². The zero-order valence-corrected chi connectivity index (χ0v) is 29.6. The molecule has 1 aliphatic rings. The van der Waals surface area contributed by atoms with Crippen LogP contribution in [0.25, 0.3) is 88.8 Å². The van der Waals surface area contributed by atoms with Crippen molar-refractivity contribution in [1.29, 1.82) is 0 Å². The first-order valence-electron chi connectivity index (χ1n) is 18.2. The van der Waals surface area contributed by atoms with Crippen molar-refractivity contribution in [3.05, 3.63) is 187 Å². The fourth-order valence-corrected chi connectivity index (χ4v) is 8.45. The maximum absolute atomic E-state index is 5.23. The highest BCUT2D eigenvalue weighted by Crippen LogP contribution is 2.55. The minimum absolute atomic E-state index is 0.163. The first kappa shape index (κ1) is 31.1. The van der Waals surface area contributed by atoms with E-state index in [0.29, 0.717) is 5.82 Å². The number of pyridine rings is 1. The van der Waals surface area contributed by atoms with E-state index in [1.165, 1.54) is 49.5 Å². The van der Waals surface area contributed by atoms with Gasteiger partial charge in [0.1, 0.15) is 0 Å². The molecule has 0 radical (unpaired) electrons. The molecule has 0 unspecified atom stereocenters. The first-order chi connectivity index (χ1) is 26.0. The smallest absolute Gasteiger partial charge is 0.160 e. The molecule has 7 aromatic carbocycles. The van der Waals surface area contributed by atoms with E-state index in [1.807, 2.05) is 30.5 Å². The summed E-state index contributed by atoms with van der Waals surface area (Å²) < 4.78 is 0. The van der Waals surface area contributed by atoms with Crippen molar-refractivity contribution in [3.63, 3.8) is 0 Å². The van der Waals surface area contributed by atoms with Crippen LogP contribution in [-0.4, -0.2) is 15.0 Å². The molecule has 10 rings (SSSR count). The SMILES string of the molecule is CC1(C)c2ccc3ccccc3c2-c2cccc(-c3ccc(-c4cc(-c5ccc(-c6cccnc6)cc5)nc(-c5ccccc5)n4)c4ccccc34)c21. The maximum Gasteiger partial charge on any atom is 0.160 e. The maximum atomic E-state index is 5.23. The zero-order chi connectivity index (χ0) is 35.5. The van der Waals surface area contributed by atoms with E-state index >= 15 is 0 Å². The Morgan fingerprint density at radius 1 is 0.434 bits per heavy atom. The van der Waals surface area contributed by atoms with Gasteiger partial charge < -0.3 is 0 Å². The lowest BCUT2D eigenvalue weighted by atomic mass is 9.78. The third kappa shape index (κ3) is 5.08. The third-order valence-corrected chi connectivity index (χ3v) is 11.0. The Hall–Kier alpha value is -6.71. The Balaban J connectivity index is 1.14. The zero-order valence-electron chi connectivity index (χ0n) is 29.6. The van der Waals surface area contributed by atoms with Crippen LogP contribution in [0.3, 0.4) is 0 Å². The summed E-state index contributed by atoms with van der Waals surface area (Å²) in [7, 11) is 0. The Kier molecular flexibility index (Phi) is 7.16. The average Bonchev–Trinajstić information content (AvgIpc) is 3.47. The predicted molar refractivity (Wildman–Crippen MR) is 220 cm³/mol. The van der Waals surface area contributed by atoms with E-state index in [0.717, 1.165) is 44.6 Å². The van der Waals surface area contributed by atoms with Crippen molar-refractivity contribution in [2.24, 2.45) is 0 Å². The molecule has 3 heteroatoms. The van der Waals surface area contributed by atoms with Gasteiger partial charge in [-0.25, -0.2) is 9.97 Å². The normalized spacial score (nSPS) is 12.9. The number of nitrogens with zero attached hydrogens (tertiary/aromatic N) is 3. The van der Waals surface area contributed by atoms with Gasteiger partial charge in [-0.15, -0.1) is 0 Å². The van der Waals surface area contributed by atoms with E-state index < -0.39 is 0 Å². The van der Waals surface area contributed by atoms with E-state index in [1.54, 1.807) is 6.20 Å². The number of rotatable bonds is 5. The van der Waals surface area contributed by atoms with Crippen molar-refractivity contribution in [2.75, 3.05) is 0 Å². The monoisotopic (exact) mass is 677 g/mol. The van der Waals surface area contributed by atoms with E-state index in [4.69, 9.17) is 9.97 Å². The minimum atomic E-state index is -0.163. The molecule has 0 amide bonds. The van der Waals surface area contributed by atoms with Crippen LogP contribution in [0.15, 0.2) is 176 Å². The molecule has 0 saturated heterocycles. The highest BCUT2D eigenvalue weighted by atomic mass is 14.9. The first-order valence-corrected chi connectivity index (χ1v) is 18.2. The molecule has 2 aromatic heterocycles. The van der Waals surface area contributed by atoms with Crippen LogP contribution in [0.4, 0.5) is 0 Å². The number of hydrogen-bond acceptors (Lipinski definition) is 3. The number of benzene rings is 7. The lowest BCUT2D eigenvalue weighted by Gasteiger charge is -2.25. The summed E-state index contributed by atoms with van der Waals surface area (Å²) in [6, 6.07) is 58.6. The Morgan fingerprint density at radius 3 is 1.89 bits per heavy atom. The quantitative estimate of drug-likeness (QED) is 0.182. The second kappa shape index (κ2) is 12.2. The molecule has 0 bridgehead atoms. The average molecular weight is 678 g/mol. The Morgan fingerprint density at radius 2 is 1.09 bits per heavy atom. The third-order valence-electron chi connectivity index (χ3n) is 11.0. The molecule has 0 spiro atoms. The van der Waals surface area contributed by atoms with Gasteiger partial charge in [0.25, 0.3) is 0 Å². The van der Waals surface area contributed by atoms with Gasteiger partial charge in [0, 0.05) is 34.5 Å². The molecule has 9 aromatic rings. The molecular formula is C50H35N3. The summed E-state index contributed by atoms with van der Waals surface area (Å²) in [5, 5.41) is 4.96. The van der Waals surface area contributed by atoms with Gasteiger partial charge >= 0.3 is 0 Å². The number of hydrogen-bond donors (Lipinski definition) is 0. The lowest BCUT2D eigenvalue weighted by molar-refractivity contribution is 0.662. The van der Waals surface area contributed by atoms with Crippen LogP contribution in [0.1, 0.15) is 25.0 Å². The molecule has 250 valence electrons. The lowest BCUT2D eigenvalue weighted by Crippen LogP contribution is -2.16. The van der Waals surface area contributed by atoms with Gasteiger partial charge in [0.05, 0.1) is 11.4 Å². The fraction of sp³-hybridized carbons (Fsp3) is 0.0600. The van der Waals surface area contributed by atoms with Crippen molar-refractivity contribution in [1.82, 2.24) is 15.0 Å². The van der Waals surface area contributed by atoms with Crippen LogP contribution in [-0.2, 0) is 5.41 Å². The summed E-state index contributed by atoms with van der Waals surface area (Å²) in [4.78, 5) is 14.7. The second-order valence-corrected chi connectivity index (χ2v) is 14.4. The highest BCUT2D eigenvalue weighted by Gasteiger charge is 2.38. The van der Waals surface area contributed by atoms with Crippen molar-refractivity contribution < 1.29 is 0 Å². The largest absolute Gasteiger partial charge is 0.264 e. The van der Waals surface area contributed by atoms with E-state index in [2.05, 4.69) is 158 Å². The van der Waals surface area contributed by atoms with Gasteiger partial charge in [0.2, 0.25) is 0 Å². The van der Waals surface area contributed by atoms with Gasteiger partial charge in [-0.1, -0.05) is 166 Å². The summed E-state index contributed by atoms with van der Waals surface area (Å²) in [6.07, 6.45) is 3.70. The standard InChI is InChI=1S/C50H35N3/c1-50(2)44-28-25-33-12-6-7-16-37(33)47(44)43-20-10-19-42(48(43)50)40-26-27-41(39-18-9-8-17-38(39)40)46-30-45(52-49(53-46)35-13-4-3-5-14-35)34-23-21-32(22-24-34)36-15-11-29-51-31-36/h3-31H,1-2H3. The van der Waals surface area contributed by atoms with Crippen LogP contribution in [0, 0.1) is 0 Å². The van der Waals surface area contributed by atoms with Crippen molar-refractivity contribution in [3.8, 4) is 67.3 Å². The van der Waals surface area contributed by atoms with Gasteiger partial charge in [-0.3, -0.25) is 4.98 Å². The molecule has 0 aliphatic heterocycles. The molecule has 3 nitrogen and oxygen atoms in total. The topological polar surface area (TPSA) is 38.7 Å². The highest BCUT2D eigenvalue weighted by molar-refractivity contribution is 6.08. The second-order valence-electron chi connectivity index (χ2n) is 14.4. The number of aromatic nitrogens is 3. The fourth-order valence-electron chi connectivity index (χ4n) is 8.45. The van der Waals surface area contributed by atoms with Gasteiger partial charge in [0.15, 0.2) is 5.82 Å². The van der Waals surface area contributed by atoms with Crippen LogP contribution < -0.4 is 0 Å². The van der Waals surface area contributed by atoms with Crippen molar-refractivity contribution in [2.45, 2.75) is 19.3 Å². The summed E-state index contributed by atoms with van der Waals surface area (Å²) in [5.74, 6) is 0.704. The Labute approximate surface area is 309 Å². The summed E-state index contributed by atoms with van der Waals surface area (Å²) in [6.45, 7) is 4.76. The molecule has 53 heavy (non-hydrogen) atoms. The molecule has 2 heterocycles. The van der Waals surface area contributed by atoms with Crippen LogP contribution in [0.2, 0.25) is 0 Å². The van der Waals surface area contributed by atoms with Gasteiger partial charge in [-0.2, -0.15) is 0 Å². The van der Waals surface area contributed by atoms with E-state index in [9.17, 15) is 0 Å². The summed E-state index contributed by atoms with van der Waals surface area (Å²) in [5.41, 5.74) is 14.9. The molecule has 1 aliphatic carbocycles. The molecule has 0 N–H and O–H groups in total. The molecule has 0 saturated carbocycles. The minimum Gasteiger partial charge on any atom is -0.264 e. The molecule has 0 fully saturated rings. The Bertz CT molecular complexity index is 2840.